The summed E-state index contributed by atoms with van der Waals surface area (Å²) in [5, 5.41) is 2.05. The van der Waals surface area contributed by atoms with Crippen LogP contribution in [0.5, 0.6) is 5.75 Å². The molecule has 1 fully saturated rings. The number of amides is 1. The summed E-state index contributed by atoms with van der Waals surface area (Å²) in [7, 11) is 0. The summed E-state index contributed by atoms with van der Waals surface area (Å²) in [6, 6.07) is 7.73. The number of furan rings is 1. The van der Waals surface area contributed by atoms with Gasteiger partial charge in [-0.15, -0.1) is 0 Å². The van der Waals surface area contributed by atoms with E-state index in [2.05, 4.69) is 6.92 Å². The van der Waals surface area contributed by atoms with Gasteiger partial charge in [-0.3, -0.25) is 4.79 Å². The molecular formula is C27H29Cl2NO3. The van der Waals surface area contributed by atoms with Gasteiger partial charge >= 0.3 is 0 Å². The van der Waals surface area contributed by atoms with E-state index in [1.807, 2.05) is 43.9 Å². The molecule has 0 saturated carbocycles. The molecule has 1 aliphatic rings. The van der Waals surface area contributed by atoms with Crippen molar-refractivity contribution in [2.75, 3.05) is 13.2 Å². The molecule has 33 heavy (non-hydrogen) atoms. The van der Waals surface area contributed by atoms with E-state index in [0.717, 1.165) is 63.9 Å². The molecule has 1 aliphatic heterocycles. The van der Waals surface area contributed by atoms with E-state index >= 15 is 0 Å². The topological polar surface area (TPSA) is 42.7 Å². The van der Waals surface area contributed by atoms with Gasteiger partial charge in [0.1, 0.15) is 11.3 Å². The quantitative estimate of drug-likeness (QED) is 0.344. The zero-order valence-electron chi connectivity index (χ0n) is 19.5. The highest BCUT2D eigenvalue weighted by atomic mass is 35.5. The molecule has 0 radical (unpaired) electrons. The van der Waals surface area contributed by atoms with Crippen LogP contribution in [0.25, 0.3) is 27.7 Å². The molecule has 0 aliphatic carbocycles. The Morgan fingerprint density at radius 2 is 2.03 bits per heavy atom. The van der Waals surface area contributed by atoms with Crippen LogP contribution in [-0.4, -0.2) is 30.0 Å². The second-order valence-corrected chi connectivity index (χ2v) is 9.51. The van der Waals surface area contributed by atoms with Crippen LogP contribution < -0.4 is 4.74 Å². The minimum atomic E-state index is 0.0491. The minimum Gasteiger partial charge on any atom is -0.493 e. The van der Waals surface area contributed by atoms with Gasteiger partial charge in [0.25, 0.3) is 0 Å². The largest absolute Gasteiger partial charge is 0.493 e. The van der Waals surface area contributed by atoms with Gasteiger partial charge in [-0.25, -0.2) is 0 Å². The van der Waals surface area contributed by atoms with Crippen molar-refractivity contribution in [3.63, 3.8) is 0 Å². The van der Waals surface area contributed by atoms with E-state index in [1.165, 1.54) is 6.42 Å². The highest BCUT2D eigenvalue weighted by Crippen LogP contribution is 2.42. The molecule has 1 aromatic heterocycles. The Bertz CT molecular complexity index is 1230. The first-order chi connectivity index (χ1) is 15.8. The van der Waals surface area contributed by atoms with Crippen LogP contribution >= 0.6 is 23.2 Å². The van der Waals surface area contributed by atoms with Gasteiger partial charge in [0.2, 0.25) is 5.91 Å². The zero-order chi connectivity index (χ0) is 23.7. The molecule has 1 unspecified atom stereocenters. The number of hydrogen-bond acceptors (Lipinski definition) is 3. The van der Waals surface area contributed by atoms with E-state index in [4.69, 9.17) is 32.4 Å². The normalized spacial score (nSPS) is 17.0. The summed E-state index contributed by atoms with van der Waals surface area (Å²) in [6.07, 6.45) is 6.73. The molecule has 6 heteroatoms. The van der Waals surface area contributed by atoms with Crippen LogP contribution in [0, 0.1) is 6.92 Å². The highest BCUT2D eigenvalue weighted by Gasteiger charge is 2.24. The third kappa shape index (κ3) is 4.64. The van der Waals surface area contributed by atoms with Crippen molar-refractivity contribution in [1.29, 1.82) is 0 Å². The second kappa shape index (κ2) is 9.82. The molecule has 4 nitrogen and oxygen atoms in total. The van der Waals surface area contributed by atoms with Gasteiger partial charge in [0.15, 0.2) is 0 Å². The number of hydrogen-bond donors (Lipinski definition) is 0. The van der Waals surface area contributed by atoms with E-state index in [9.17, 15) is 4.79 Å². The van der Waals surface area contributed by atoms with E-state index < -0.39 is 0 Å². The maximum absolute atomic E-state index is 13.1. The van der Waals surface area contributed by atoms with E-state index in [-0.39, 0.29) is 11.9 Å². The van der Waals surface area contributed by atoms with Crippen LogP contribution in [0.4, 0.5) is 0 Å². The first kappa shape index (κ1) is 23.7. The zero-order valence-corrected chi connectivity index (χ0v) is 21.0. The number of carbonyl (C=O) groups excluding carboxylic acids is 1. The SMILES string of the molecule is CCOc1c(/C(C)=C/C(=O)N2CCCCC2C)cc2c(-c3ccc(Cl)cc3Cl)coc2c1C. The number of likely N-dealkylation sites (tertiary alicyclic amines) is 1. The van der Waals surface area contributed by atoms with Crippen molar-refractivity contribution in [2.45, 2.75) is 53.0 Å². The predicted octanol–water partition coefficient (Wildman–Crippen LogP) is 7.92. The van der Waals surface area contributed by atoms with Crippen molar-refractivity contribution in [1.82, 2.24) is 4.90 Å². The lowest BCUT2D eigenvalue weighted by Gasteiger charge is -2.32. The third-order valence-corrected chi connectivity index (χ3v) is 6.95. The fraction of sp³-hybridized carbons (Fsp3) is 0.370. The maximum Gasteiger partial charge on any atom is 0.247 e. The summed E-state index contributed by atoms with van der Waals surface area (Å²) >= 11 is 12.6. The van der Waals surface area contributed by atoms with Gasteiger partial charge in [0.05, 0.1) is 17.9 Å². The van der Waals surface area contributed by atoms with Crippen LogP contribution in [0.1, 0.15) is 51.2 Å². The van der Waals surface area contributed by atoms with Gasteiger partial charge in [-0.1, -0.05) is 29.3 Å². The minimum absolute atomic E-state index is 0.0491. The molecule has 3 aromatic rings. The number of allylic oxidation sites excluding steroid dienone is 1. The lowest BCUT2D eigenvalue weighted by Crippen LogP contribution is -2.41. The summed E-state index contributed by atoms with van der Waals surface area (Å²) < 4.78 is 12.0. The van der Waals surface area contributed by atoms with E-state index in [0.29, 0.717) is 16.7 Å². The fourth-order valence-electron chi connectivity index (χ4n) is 4.63. The molecule has 1 amide bonds. The Kier molecular flexibility index (Phi) is 7.06. The molecule has 2 heterocycles. The molecule has 0 bridgehead atoms. The van der Waals surface area contributed by atoms with Gasteiger partial charge in [-0.05, 0) is 70.7 Å². The van der Waals surface area contributed by atoms with Crippen LogP contribution in [0.3, 0.4) is 0 Å². The maximum atomic E-state index is 13.1. The molecule has 1 saturated heterocycles. The Morgan fingerprint density at radius 1 is 1.24 bits per heavy atom. The third-order valence-electron chi connectivity index (χ3n) is 6.40. The Morgan fingerprint density at radius 3 is 2.73 bits per heavy atom. The predicted molar refractivity (Wildman–Crippen MR) is 136 cm³/mol. The average molecular weight is 486 g/mol. The number of aryl methyl sites for hydroxylation is 1. The first-order valence-corrected chi connectivity index (χ1v) is 12.2. The molecule has 1 atom stereocenters. The first-order valence-electron chi connectivity index (χ1n) is 11.4. The standard InChI is InChI=1S/C27H29Cl2NO3/c1-5-32-26-18(4)27-22(23(15-33-27)20-10-9-19(28)13-24(20)29)14-21(26)16(2)12-25(31)30-11-7-6-8-17(30)3/h9-10,12-15,17H,5-8,11H2,1-4H3/b16-12+. The lowest BCUT2D eigenvalue weighted by atomic mass is 9.96. The van der Waals surface area contributed by atoms with Crippen molar-refractivity contribution >= 4 is 45.7 Å². The number of fused-ring (bicyclic) bond motifs is 1. The van der Waals surface area contributed by atoms with Gasteiger partial charge in [-0.2, -0.15) is 0 Å². The number of nitrogens with zero attached hydrogens (tertiary/aromatic N) is 1. The highest BCUT2D eigenvalue weighted by molar-refractivity contribution is 6.36. The van der Waals surface area contributed by atoms with Crippen molar-refractivity contribution in [3.05, 3.63) is 57.8 Å². The molecular weight excluding hydrogens is 457 g/mol. The summed E-state index contributed by atoms with van der Waals surface area (Å²) in [5.74, 6) is 0.786. The fourth-order valence-corrected chi connectivity index (χ4v) is 5.14. The molecule has 0 N–H and O–H groups in total. The van der Waals surface area contributed by atoms with Gasteiger partial charge < -0.3 is 14.1 Å². The number of benzene rings is 2. The molecule has 174 valence electrons. The van der Waals surface area contributed by atoms with Crippen molar-refractivity contribution in [3.8, 4) is 16.9 Å². The van der Waals surface area contributed by atoms with Crippen molar-refractivity contribution < 1.29 is 13.9 Å². The smallest absolute Gasteiger partial charge is 0.247 e. The Hall–Kier alpha value is -2.43. The number of piperidine rings is 1. The van der Waals surface area contributed by atoms with E-state index in [1.54, 1.807) is 18.4 Å². The number of rotatable bonds is 5. The Balaban J connectivity index is 1.84. The van der Waals surface area contributed by atoms with Crippen LogP contribution in [0.2, 0.25) is 10.0 Å². The van der Waals surface area contributed by atoms with Crippen molar-refractivity contribution in [2.24, 2.45) is 0 Å². The summed E-state index contributed by atoms with van der Waals surface area (Å²) in [5.41, 5.74) is 5.10. The Labute approximate surface area is 205 Å². The monoisotopic (exact) mass is 485 g/mol. The van der Waals surface area contributed by atoms with Crippen LogP contribution in [0.15, 0.2) is 41.0 Å². The number of ether oxygens (including phenoxy) is 1. The van der Waals surface area contributed by atoms with Gasteiger partial charge in [0, 0.05) is 51.3 Å². The summed E-state index contributed by atoms with van der Waals surface area (Å²) in [6.45, 7) is 9.34. The second-order valence-electron chi connectivity index (χ2n) is 8.67. The average Bonchev–Trinajstić information content (AvgIpc) is 3.19. The number of halogens is 2. The number of carbonyl (C=O) groups is 1. The molecule has 0 spiro atoms. The molecule has 4 rings (SSSR count). The van der Waals surface area contributed by atoms with Crippen LogP contribution in [-0.2, 0) is 4.79 Å². The molecule has 2 aromatic carbocycles. The summed E-state index contributed by atoms with van der Waals surface area (Å²) in [4.78, 5) is 15.1. The lowest BCUT2D eigenvalue weighted by molar-refractivity contribution is -0.129.